The van der Waals surface area contributed by atoms with Gasteiger partial charge in [0.1, 0.15) is 5.75 Å². The summed E-state index contributed by atoms with van der Waals surface area (Å²) in [5.41, 5.74) is 0.262. The number of nitrogens with zero attached hydrogens (tertiary/aromatic N) is 2. The lowest BCUT2D eigenvalue weighted by Crippen LogP contribution is -2.13. The molecule has 98 valence electrons. The van der Waals surface area contributed by atoms with Gasteiger partial charge in [0, 0.05) is 13.2 Å². The van der Waals surface area contributed by atoms with Crippen LogP contribution < -0.4 is 5.32 Å². The fourth-order valence-corrected chi connectivity index (χ4v) is 1.49. The van der Waals surface area contributed by atoms with Gasteiger partial charge >= 0.3 is 5.97 Å². The number of nitrogens with one attached hydrogen (secondary N) is 1. The van der Waals surface area contributed by atoms with Gasteiger partial charge in [-0.1, -0.05) is 0 Å². The summed E-state index contributed by atoms with van der Waals surface area (Å²) in [6.45, 7) is 0. The molecule has 0 fully saturated rings. The maximum atomic E-state index is 11.8. The number of benzene rings is 1. The Hall–Kier alpha value is -2.83. The van der Waals surface area contributed by atoms with E-state index in [1.807, 2.05) is 0 Å². The second-order valence-corrected chi connectivity index (χ2v) is 3.87. The number of hydrogen-bond donors (Lipinski definition) is 3. The molecular formula is C12H11N3O4. The second kappa shape index (κ2) is 4.81. The lowest BCUT2D eigenvalue weighted by molar-refractivity contribution is 0.0696. The van der Waals surface area contributed by atoms with Crippen LogP contribution in [-0.2, 0) is 7.05 Å². The SMILES string of the molecule is Cn1ccc(C(=O)Nc2ccc(C(=O)O)cc2O)n1. The van der Waals surface area contributed by atoms with Crippen LogP contribution in [0.1, 0.15) is 20.8 Å². The monoisotopic (exact) mass is 261 g/mol. The summed E-state index contributed by atoms with van der Waals surface area (Å²) in [6, 6.07) is 5.20. The molecule has 3 N–H and O–H groups in total. The molecule has 1 aromatic heterocycles. The van der Waals surface area contributed by atoms with Crippen molar-refractivity contribution in [2.45, 2.75) is 0 Å². The molecule has 1 aromatic carbocycles. The first-order valence-corrected chi connectivity index (χ1v) is 5.34. The Morgan fingerprint density at radius 1 is 1.32 bits per heavy atom. The number of anilines is 1. The summed E-state index contributed by atoms with van der Waals surface area (Å²) in [5, 5.41) is 24.7. The third-order valence-corrected chi connectivity index (χ3v) is 2.44. The molecule has 0 unspecified atom stereocenters. The highest BCUT2D eigenvalue weighted by Crippen LogP contribution is 2.24. The van der Waals surface area contributed by atoms with Gasteiger partial charge in [0.2, 0.25) is 0 Å². The fraction of sp³-hybridized carbons (Fsp3) is 0.0833. The first-order chi connectivity index (χ1) is 8.97. The van der Waals surface area contributed by atoms with Gasteiger partial charge in [-0.2, -0.15) is 5.10 Å². The number of carbonyl (C=O) groups is 2. The number of phenols is 1. The van der Waals surface area contributed by atoms with Crippen molar-refractivity contribution in [3.05, 3.63) is 41.7 Å². The highest BCUT2D eigenvalue weighted by atomic mass is 16.4. The van der Waals surface area contributed by atoms with Crippen LogP contribution in [0, 0.1) is 0 Å². The Balaban J connectivity index is 2.20. The van der Waals surface area contributed by atoms with E-state index in [1.54, 1.807) is 13.2 Å². The van der Waals surface area contributed by atoms with E-state index in [-0.39, 0.29) is 22.7 Å². The number of aromatic hydroxyl groups is 1. The molecule has 7 heteroatoms. The predicted octanol–water partition coefficient (Wildman–Crippen LogP) is 1.08. The number of phenolic OH excluding ortho intramolecular Hbond substituents is 1. The number of aromatic carboxylic acids is 1. The topological polar surface area (TPSA) is 104 Å². The molecular weight excluding hydrogens is 250 g/mol. The maximum absolute atomic E-state index is 11.8. The number of aromatic nitrogens is 2. The molecule has 1 amide bonds. The molecule has 0 atom stereocenters. The third-order valence-electron chi connectivity index (χ3n) is 2.44. The minimum absolute atomic E-state index is 0.0617. The van der Waals surface area contributed by atoms with E-state index < -0.39 is 11.9 Å². The number of aryl methyl sites for hydroxylation is 1. The van der Waals surface area contributed by atoms with Crippen LogP contribution in [0.25, 0.3) is 0 Å². The van der Waals surface area contributed by atoms with Crippen molar-refractivity contribution in [1.82, 2.24) is 9.78 Å². The van der Waals surface area contributed by atoms with Crippen LogP contribution >= 0.6 is 0 Å². The molecule has 0 spiro atoms. The summed E-state index contributed by atoms with van der Waals surface area (Å²) < 4.78 is 1.47. The van der Waals surface area contributed by atoms with E-state index in [0.29, 0.717) is 0 Å². The van der Waals surface area contributed by atoms with Crippen molar-refractivity contribution in [2.24, 2.45) is 7.05 Å². The van der Waals surface area contributed by atoms with E-state index in [1.165, 1.54) is 22.9 Å². The lowest BCUT2D eigenvalue weighted by Gasteiger charge is -2.06. The molecule has 0 aliphatic rings. The Morgan fingerprint density at radius 2 is 2.05 bits per heavy atom. The molecule has 0 aliphatic heterocycles. The highest BCUT2D eigenvalue weighted by Gasteiger charge is 2.13. The van der Waals surface area contributed by atoms with Crippen LogP contribution in [0.4, 0.5) is 5.69 Å². The van der Waals surface area contributed by atoms with Gasteiger partial charge in [0.15, 0.2) is 5.69 Å². The summed E-state index contributed by atoms with van der Waals surface area (Å²) >= 11 is 0. The minimum Gasteiger partial charge on any atom is -0.506 e. The molecule has 2 aromatic rings. The average Bonchev–Trinajstić information content (AvgIpc) is 2.78. The number of amides is 1. The zero-order chi connectivity index (χ0) is 14.0. The second-order valence-electron chi connectivity index (χ2n) is 3.87. The maximum Gasteiger partial charge on any atom is 0.335 e. The summed E-state index contributed by atoms with van der Waals surface area (Å²) in [6.07, 6.45) is 1.61. The third kappa shape index (κ3) is 2.71. The zero-order valence-electron chi connectivity index (χ0n) is 9.99. The van der Waals surface area contributed by atoms with Crippen molar-refractivity contribution in [3.63, 3.8) is 0 Å². The lowest BCUT2D eigenvalue weighted by atomic mass is 10.2. The van der Waals surface area contributed by atoms with Crippen LogP contribution in [0.3, 0.4) is 0 Å². The number of rotatable bonds is 3. The van der Waals surface area contributed by atoms with E-state index in [2.05, 4.69) is 10.4 Å². The van der Waals surface area contributed by atoms with E-state index in [4.69, 9.17) is 5.11 Å². The molecule has 7 nitrogen and oxygen atoms in total. The Labute approximate surface area is 108 Å². The first kappa shape index (κ1) is 12.6. The van der Waals surface area contributed by atoms with Crippen molar-refractivity contribution in [2.75, 3.05) is 5.32 Å². The first-order valence-electron chi connectivity index (χ1n) is 5.34. The Kier molecular flexibility index (Phi) is 3.19. The molecule has 0 radical (unpaired) electrons. The largest absolute Gasteiger partial charge is 0.506 e. The molecule has 0 bridgehead atoms. The predicted molar refractivity (Wildman–Crippen MR) is 66.2 cm³/mol. The van der Waals surface area contributed by atoms with Gasteiger partial charge in [0.05, 0.1) is 11.3 Å². The Bertz CT molecular complexity index is 648. The molecule has 0 aliphatic carbocycles. The van der Waals surface area contributed by atoms with Crippen molar-refractivity contribution < 1.29 is 19.8 Å². The number of hydrogen-bond acceptors (Lipinski definition) is 4. The minimum atomic E-state index is -1.15. The van der Waals surface area contributed by atoms with Crippen LogP contribution in [0.5, 0.6) is 5.75 Å². The van der Waals surface area contributed by atoms with Crippen molar-refractivity contribution >= 4 is 17.6 Å². The molecule has 2 rings (SSSR count). The zero-order valence-corrected chi connectivity index (χ0v) is 9.99. The number of carboxylic acid groups (broad SMARTS) is 1. The van der Waals surface area contributed by atoms with Crippen LogP contribution in [0.15, 0.2) is 30.5 Å². The quantitative estimate of drug-likeness (QED) is 0.717. The molecule has 0 saturated heterocycles. The van der Waals surface area contributed by atoms with Gasteiger partial charge in [-0.05, 0) is 24.3 Å². The van der Waals surface area contributed by atoms with E-state index in [9.17, 15) is 14.7 Å². The number of carbonyl (C=O) groups excluding carboxylic acids is 1. The van der Waals surface area contributed by atoms with Gasteiger partial charge in [-0.25, -0.2) is 4.79 Å². The summed E-state index contributed by atoms with van der Waals surface area (Å²) in [7, 11) is 1.68. The van der Waals surface area contributed by atoms with Gasteiger partial charge in [0.25, 0.3) is 5.91 Å². The van der Waals surface area contributed by atoms with E-state index >= 15 is 0 Å². The van der Waals surface area contributed by atoms with Crippen LogP contribution in [-0.4, -0.2) is 31.9 Å². The van der Waals surface area contributed by atoms with Crippen LogP contribution in [0.2, 0.25) is 0 Å². The summed E-state index contributed by atoms with van der Waals surface area (Å²) in [4.78, 5) is 22.5. The molecule has 1 heterocycles. The molecule has 19 heavy (non-hydrogen) atoms. The average molecular weight is 261 g/mol. The highest BCUT2D eigenvalue weighted by molar-refractivity contribution is 6.04. The number of carboxylic acids is 1. The van der Waals surface area contributed by atoms with Gasteiger partial charge in [-0.15, -0.1) is 0 Å². The fourth-order valence-electron chi connectivity index (χ4n) is 1.49. The standard InChI is InChI=1S/C12H11N3O4/c1-15-5-4-9(14-15)11(17)13-8-3-2-7(12(18)19)6-10(8)16/h2-6,16H,1H3,(H,13,17)(H,18,19). The molecule has 0 saturated carbocycles. The smallest absolute Gasteiger partial charge is 0.335 e. The van der Waals surface area contributed by atoms with Crippen molar-refractivity contribution in [1.29, 1.82) is 0 Å². The van der Waals surface area contributed by atoms with Gasteiger partial charge in [-0.3, -0.25) is 9.48 Å². The van der Waals surface area contributed by atoms with Crippen molar-refractivity contribution in [3.8, 4) is 5.75 Å². The summed E-state index contributed by atoms with van der Waals surface area (Å²) in [5.74, 6) is -1.96. The van der Waals surface area contributed by atoms with E-state index in [0.717, 1.165) is 6.07 Å². The normalized spacial score (nSPS) is 10.2. The van der Waals surface area contributed by atoms with Gasteiger partial charge < -0.3 is 15.5 Å². The Morgan fingerprint density at radius 3 is 2.58 bits per heavy atom.